The largest absolute Gasteiger partial charge is 0.392 e. The van der Waals surface area contributed by atoms with Crippen LogP contribution < -0.4 is 0 Å². The predicted octanol–water partition coefficient (Wildman–Crippen LogP) is 2.64. The highest BCUT2D eigenvalue weighted by molar-refractivity contribution is 8.00. The molecule has 1 aliphatic carbocycles. The Morgan fingerprint density at radius 3 is 2.71 bits per heavy atom. The van der Waals surface area contributed by atoms with Crippen molar-refractivity contribution in [2.45, 2.75) is 10.1 Å². The van der Waals surface area contributed by atoms with Gasteiger partial charge in [-0.2, -0.15) is 0 Å². The number of thioether (sulfide) groups is 1. The summed E-state index contributed by atoms with van der Waals surface area (Å²) in [5.74, 6) is 0. The van der Waals surface area contributed by atoms with Crippen LogP contribution in [0.4, 0.5) is 0 Å². The summed E-state index contributed by atoms with van der Waals surface area (Å²) in [5.41, 5.74) is 1.08. The lowest BCUT2D eigenvalue weighted by Crippen LogP contribution is -2.03. The molecule has 1 aliphatic rings. The average molecular weight is 204 g/mol. The second-order valence-corrected chi connectivity index (χ2v) is 4.35. The number of aliphatic hydroxyl groups is 1. The molecule has 0 spiro atoms. The summed E-state index contributed by atoms with van der Waals surface area (Å²) in [4.78, 5) is 1.24. The van der Waals surface area contributed by atoms with E-state index in [-0.39, 0.29) is 6.61 Å². The maximum atomic E-state index is 9.09. The highest BCUT2D eigenvalue weighted by atomic mass is 32.2. The van der Waals surface area contributed by atoms with E-state index in [9.17, 15) is 0 Å². The fraction of sp³-hybridized carbons (Fsp3) is 0.167. The average Bonchev–Trinajstić information content (AvgIpc) is 2.67. The molecule has 0 aromatic heterocycles. The van der Waals surface area contributed by atoms with E-state index in [4.69, 9.17) is 5.11 Å². The molecule has 0 heterocycles. The Kier molecular flexibility index (Phi) is 3.07. The summed E-state index contributed by atoms with van der Waals surface area (Å²) in [5, 5.41) is 9.40. The van der Waals surface area contributed by atoms with Crippen molar-refractivity contribution >= 4 is 11.8 Å². The van der Waals surface area contributed by atoms with Gasteiger partial charge in [0.1, 0.15) is 0 Å². The Morgan fingerprint density at radius 2 is 2.00 bits per heavy atom. The fourth-order valence-corrected chi connectivity index (χ4v) is 2.48. The van der Waals surface area contributed by atoms with E-state index in [2.05, 4.69) is 18.2 Å². The van der Waals surface area contributed by atoms with E-state index in [1.165, 1.54) is 4.90 Å². The van der Waals surface area contributed by atoms with Crippen LogP contribution in [0.5, 0.6) is 0 Å². The summed E-state index contributed by atoms with van der Waals surface area (Å²) >= 11 is 1.77. The molecule has 72 valence electrons. The number of benzene rings is 1. The lowest BCUT2D eigenvalue weighted by molar-refractivity contribution is 0.330. The minimum Gasteiger partial charge on any atom is -0.392 e. The van der Waals surface area contributed by atoms with E-state index >= 15 is 0 Å². The normalized spacial score (nSPS) is 19.8. The smallest absolute Gasteiger partial charge is 0.0658 e. The van der Waals surface area contributed by atoms with Crippen molar-refractivity contribution in [3.05, 3.63) is 54.1 Å². The van der Waals surface area contributed by atoms with Crippen molar-refractivity contribution in [2.75, 3.05) is 6.61 Å². The molecule has 0 radical (unpaired) electrons. The van der Waals surface area contributed by atoms with Crippen molar-refractivity contribution in [2.24, 2.45) is 0 Å². The second kappa shape index (κ2) is 4.49. The van der Waals surface area contributed by atoms with Gasteiger partial charge in [-0.15, -0.1) is 11.8 Å². The highest BCUT2D eigenvalue weighted by Gasteiger charge is 2.14. The molecule has 1 atom stereocenters. The van der Waals surface area contributed by atoms with Crippen molar-refractivity contribution in [3.63, 3.8) is 0 Å². The van der Waals surface area contributed by atoms with Gasteiger partial charge < -0.3 is 5.11 Å². The van der Waals surface area contributed by atoms with Crippen molar-refractivity contribution in [1.82, 2.24) is 0 Å². The summed E-state index contributed by atoms with van der Waals surface area (Å²) in [6.07, 6.45) is 6.11. The van der Waals surface area contributed by atoms with Gasteiger partial charge in [0.25, 0.3) is 0 Å². The third-order valence-electron chi connectivity index (χ3n) is 2.15. The van der Waals surface area contributed by atoms with E-state index in [1.807, 2.05) is 30.4 Å². The van der Waals surface area contributed by atoms with Crippen LogP contribution in [0.25, 0.3) is 0 Å². The summed E-state index contributed by atoms with van der Waals surface area (Å²) in [6, 6.07) is 10.3. The van der Waals surface area contributed by atoms with Crippen molar-refractivity contribution < 1.29 is 5.11 Å². The van der Waals surface area contributed by atoms with Crippen LogP contribution in [0.3, 0.4) is 0 Å². The zero-order valence-electron chi connectivity index (χ0n) is 7.76. The first-order valence-corrected chi connectivity index (χ1v) is 5.48. The standard InChI is InChI=1S/C12H12OS/c13-9-10-5-4-8-12(10)14-11-6-2-1-3-7-11/h1-8,12-13H,9H2. The Balaban J connectivity index is 2.06. The number of rotatable bonds is 3. The summed E-state index contributed by atoms with van der Waals surface area (Å²) < 4.78 is 0. The molecule has 14 heavy (non-hydrogen) atoms. The summed E-state index contributed by atoms with van der Waals surface area (Å²) in [6.45, 7) is 0.150. The minimum absolute atomic E-state index is 0.150. The van der Waals surface area contributed by atoms with E-state index in [1.54, 1.807) is 11.8 Å². The molecule has 0 amide bonds. The highest BCUT2D eigenvalue weighted by Crippen LogP contribution is 2.31. The molecule has 1 aromatic carbocycles. The molecular formula is C12H12OS. The van der Waals surface area contributed by atoms with Gasteiger partial charge in [-0.1, -0.05) is 36.4 Å². The number of allylic oxidation sites excluding steroid dienone is 2. The lowest BCUT2D eigenvalue weighted by atomic mass is 10.2. The third kappa shape index (κ3) is 2.08. The second-order valence-electron chi connectivity index (χ2n) is 3.14. The first-order chi connectivity index (χ1) is 6.90. The van der Waals surface area contributed by atoms with Gasteiger partial charge in [0.2, 0.25) is 0 Å². The summed E-state index contributed by atoms with van der Waals surface area (Å²) in [7, 11) is 0. The third-order valence-corrected chi connectivity index (χ3v) is 3.41. The van der Waals surface area contributed by atoms with Crippen LogP contribution in [-0.4, -0.2) is 17.0 Å². The number of hydrogen-bond donors (Lipinski definition) is 1. The van der Waals surface area contributed by atoms with Gasteiger partial charge in [-0.25, -0.2) is 0 Å². The van der Waals surface area contributed by atoms with Crippen LogP contribution in [-0.2, 0) is 0 Å². The SMILES string of the molecule is OCC1=CC=CC1Sc1ccccc1. The molecule has 0 bridgehead atoms. The van der Waals surface area contributed by atoms with Crippen LogP contribution in [0.15, 0.2) is 59.0 Å². The first kappa shape index (κ1) is 9.56. The van der Waals surface area contributed by atoms with Crippen LogP contribution >= 0.6 is 11.8 Å². The predicted molar refractivity (Wildman–Crippen MR) is 60.4 cm³/mol. The minimum atomic E-state index is 0.150. The molecule has 0 saturated heterocycles. The molecule has 2 heteroatoms. The van der Waals surface area contributed by atoms with E-state index < -0.39 is 0 Å². The number of aliphatic hydroxyl groups excluding tert-OH is 1. The molecule has 1 N–H and O–H groups in total. The van der Waals surface area contributed by atoms with Gasteiger partial charge >= 0.3 is 0 Å². The van der Waals surface area contributed by atoms with Crippen molar-refractivity contribution in [3.8, 4) is 0 Å². The molecular weight excluding hydrogens is 192 g/mol. The Labute approximate surface area is 88.2 Å². The molecule has 0 saturated carbocycles. The molecule has 0 aliphatic heterocycles. The maximum absolute atomic E-state index is 9.09. The Bertz CT molecular complexity index is 354. The van der Waals surface area contributed by atoms with Gasteiger partial charge in [-0.3, -0.25) is 0 Å². The topological polar surface area (TPSA) is 20.2 Å². The lowest BCUT2D eigenvalue weighted by Gasteiger charge is -2.10. The van der Waals surface area contributed by atoms with Crippen molar-refractivity contribution in [1.29, 1.82) is 0 Å². The molecule has 1 aromatic rings. The van der Waals surface area contributed by atoms with Gasteiger partial charge in [0.15, 0.2) is 0 Å². The van der Waals surface area contributed by atoms with E-state index in [0.29, 0.717) is 5.25 Å². The Hall–Kier alpha value is -0.990. The quantitative estimate of drug-likeness (QED) is 0.816. The van der Waals surface area contributed by atoms with Gasteiger partial charge in [-0.05, 0) is 17.7 Å². The van der Waals surface area contributed by atoms with Crippen LogP contribution in [0, 0.1) is 0 Å². The molecule has 2 rings (SSSR count). The van der Waals surface area contributed by atoms with Gasteiger partial charge in [0, 0.05) is 4.90 Å². The van der Waals surface area contributed by atoms with Gasteiger partial charge in [0.05, 0.1) is 11.9 Å². The fourth-order valence-electron chi connectivity index (χ4n) is 1.40. The molecule has 0 fully saturated rings. The molecule has 1 nitrogen and oxygen atoms in total. The van der Waals surface area contributed by atoms with Crippen LogP contribution in [0.1, 0.15) is 0 Å². The Morgan fingerprint density at radius 1 is 1.21 bits per heavy atom. The maximum Gasteiger partial charge on any atom is 0.0658 e. The zero-order valence-corrected chi connectivity index (χ0v) is 8.58. The van der Waals surface area contributed by atoms with E-state index in [0.717, 1.165) is 5.57 Å². The number of hydrogen-bond acceptors (Lipinski definition) is 2. The first-order valence-electron chi connectivity index (χ1n) is 4.60. The van der Waals surface area contributed by atoms with Crippen LogP contribution in [0.2, 0.25) is 0 Å². The monoisotopic (exact) mass is 204 g/mol. The zero-order chi connectivity index (χ0) is 9.80. The molecule has 1 unspecified atom stereocenters.